The van der Waals surface area contributed by atoms with Crippen molar-refractivity contribution in [3.8, 4) is 0 Å². The summed E-state index contributed by atoms with van der Waals surface area (Å²) in [7, 11) is 0. The average molecular weight is 494 g/mol. The van der Waals surface area contributed by atoms with Gasteiger partial charge in [0.05, 0.1) is 19.0 Å². The van der Waals surface area contributed by atoms with Crippen molar-refractivity contribution in [3.63, 3.8) is 0 Å². The maximum Gasteiger partial charge on any atom is 0.326 e. The van der Waals surface area contributed by atoms with Crippen LogP contribution in [0.5, 0.6) is 0 Å². The lowest BCUT2D eigenvalue weighted by molar-refractivity contribution is -0.142. The fourth-order valence-corrected chi connectivity index (χ4v) is 2.92. The van der Waals surface area contributed by atoms with Crippen molar-refractivity contribution in [2.75, 3.05) is 13.1 Å². The molecule has 0 aliphatic heterocycles. The van der Waals surface area contributed by atoms with Gasteiger partial charge >= 0.3 is 11.9 Å². The molecule has 1 rings (SSSR count). The van der Waals surface area contributed by atoms with Crippen molar-refractivity contribution in [1.29, 1.82) is 0 Å². The van der Waals surface area contributed by atoms with Gasteiger partial charge in [-0.1, -0.05) is 30.3 Å². The molecule has 1 aromatic rings. The first-order valence-electron chi connectivity index (χ1n) is 10.7. The molecular formula is C21H31N7O7. The molecule has 1 aromatic carbocycles. The summed E-state index contributed by atoms with van der Waals surface area (Å²) in [4.78, 5) is 63.1. The molecule has 14 nitrogen and oxygen atoms in total. The molecule has 0 saturated heterocycles. The van der Waals surface area contributed by atoms with Crippen molar-refractivity contribution in [2.24, 2.45) is 22.2 Å². The number of nitrogens with one attached hydrogen (secondary N) is 3. The van der Waals surface area contributed by atoms with Crippen LogP contribution in [0.2, 0.25) is 0 Å². The van der Waals surface area contributed by atoms with Gasteiger partial charge in [-0.3, -0.25) is 24.2 Å². The molecular weight excluding hydrogens is 462 g/mol. The predicted molar refractivity (Wildman–Crippen MR) is 125 cm³/mol. The lowest BCUT2D eigenvalue weighted by atomic mass is 10.1. The lowest BCUT2D eigenvalue weighted by Crippen LogP contribution is -2.54. The number of amides is 3. The number of nitrogens with zero attached hydrogens (tertiary/aromatic N) is 1. The minimum atomic E-state index is -1.50. The van der Waals surface area contributed by atoms with Crippen LogP contribution in [0.15, 0.2) is 35.3 Å². The Kier molecular flexibility index (Phi) is 12.2. The van der Waals surface area contributed by atoms with E-state index in [1.807, 2.05) is 0 Å². The van der Waals surface area contributed by atoms with Crippen LogP contribution in [0.4, 0.5) is 0 Å². The number of carbonyl (C=O) groups is 5. The maximum absolute atomic E-state index is 12.4. The number of aliphatic imine (C=N–C) groups is 1. The van der Waals surface area contributed by atoms with Gasteiger partial charge in [-0.05, 0) is 24.8 Å². The number of guanidine groups is 1. The van der Waals surface area contributed by atoms with E-state index in [0.717, 1.165) is 5.56 Å². The zero-order valence-corrected chi connectivity index (χ0v) is 19.0. The second-order valence-corrected chi connectivity index (χ2v) is 7.58. The molecule has 0 radical (unpaired) electrons. The van der Waals surface area contributed by atoms with Crippen molar-refractivity contribution in [1.82, 2.24) is 16.0 Å². The number of carbonyl (C=O) groups excluding carboxylic acids is 3. The molecule has 11 N–H and O–H groups in total. The molecule has 0 bridgehead atoms. The van der Waals surface area contributed by atoms with Crippen molar-refractivity contribution < 1.29 is 34.2 Å². The first-order chi connectivity index (χ1) is 16.5. The van der Waals surface area contributed by atoms with E-state index >= 15 is 0 Å². The SMILES string of the molecule is NC(N)=NCCCC(NC(=O)CNC(=O)C(CC(=O)O)NC(=O)C(N)Cc1ccccc1)C(=O)O. The van der Waals surface area contributed by atoms with E-state index < -0.39 is 60.8 Å². The number of rotatable bonds is 15. The van der Waals surface area contributed by atoms with Gasteiger partial charge in [0.25, 0.3) is 0 Å². The normalized spacial score (nSPS) is 12.9. The number of aliphatic carboxylic acids is 2. The Hall–Kier alpha value is -4.20. The molecule has 14 heteroatoms. The minimum absolute atomic E-state index is 0.0306. The van der Waals surface area contributed by atoms with E-state index in [2.05, 4.69) is 20.9 Å². The van der Waals surface area contributed by atoms with Gasteiger partial charge < -0.3 is 43.4 Å². The summed E-state index contributed by atoms with van der Waals surface area (Å²) in [5.74, 6) is -5.31. The van der Waals surface area contributed by atoms with Crippen molar-refractivity contribution >= 4 is 35.6 Å². The van der Waals surface area contributed by atoms with Gasteiger partial charge in [0.1, 0.15) is 12.1 Å². The van der Waals surface area contributed by atoms with Gasteiger partial charge in [-0.15, -0.1) is 0 Å². The summed E-state index contributed by atoms with van der Waals surface area (Å²) in [5.41, 5.74) is 17.0. The van der Waals surface area contributed by atoms with Crippen LogP contribution in [0.25, 0.3) is 0 Å². The quantitative estimate of drug-likeness (QED) is 0.0710. The van der Waals surface area contributed by atoms with Crippen LogP contribution in [-0.2, 0) is 30.4 Å². The first-order valence-corrected chi connectivity index (χ1v) is 10.7. The first kappa shape index (κ1) is 28.8. The fraction of sp³-hybridized carbons (Fsp3) is 0.429. The number of nitrogens with two attached hydrogens (primary N) is 3. The molecule has 0 heterocycles. The summed E-state index contributed by atoms with van der Waals surface area (Å²) in [6.45, 7) is -0.472. The second-order valence-electron chi connectivity index (χ2n) is 7.58. The number of carboxylic acids is 2. The minimum Gasteiger partial charge on any atom is -0.481 e. The van der Waals surface area contributed by atoms with Crippen molar-refractivity contribution in [2.45, 2.75) is 43.8 Å². The highest BCUT2D eigenvalue weighted by Crippen LogP contribution is 2.03. The standard InChI is InChI=1S/C21H31N7O7/c22-13(9-12-5-2-1-3-6-12)18(32)28-15(10-17(30)31)19(33)26-11-16(29)27-14(20(34)35)7-4-8-25-21(23)24/h1-3,5-6,13-15H,4,7-11,22H2,(H,26,33)(H,27,29)(H,28,32)(H,30,31)(H,34,35)(H4,23,24,25). The lowest BCUT2D eigenvalue weighted by Gasteiger charge is -2.20. The highest BCUT2D eigenvalue weighted by molar-refractivity contribution is 5.94. The Labute approximate surface area is 201 Å². The molecule has 0 aromatic heterocycles. The third-order valence-corrected chi connectivity index (χ3v) is 4.65. The third-order valence-electron chi connectivity index (χ3n) is 4.65. The number of carboxylic acid groups (broad SMARTS) is 2. The van der Waals surface area contributed by atoms with Gasteiger partial charge in [0.2, 0.25) is 17.7 Å². The molecule has 3 unspecified atom stereocenters. The average Bonchev–Trinajstić information content (AvgIpc) is 2.78. The second kappa shape index (κ2) is 14.8. The Bertz CT molecular complexity index is 920. The Morgan fingerprint density at radius 1 is 0.943 bits per heavy atom. The fourth-order valence-electron chi connectivity index (χ4n) is 2.92. The maximum atomic E-state index is 12.4. The van der Waals surface area contributed by atoms with E-state index in [4.69, 9.17) is 22.3 Å². The zero-order valence-electron chi connectivity index (χ0n) is 19.0. The van der Waals surface area contributed by atoms with E-state index in [0.29, 0.717) is 0 Å². The van der Waals surface area contributed by atoms with Gasteiger partial charge in [-0.25, -0.2) is 4.79 Å². The summed E-state index contributed by atoms with van der Waals surface area (Å²) in [6, 6.07) is 5.07. The van der Waals surface area contributed by atoms with Crippen LogP contribution < -0.4 is 33.2 Å². The van der Waals surface area contributed by atoms with E-state index in [1.165, 1.54) is 0 Å². The highest BCUT2D eigenvalue weighted by atomic mass is 16.4. The van der Waals surface area contributed by atoms with Crippen LogP contribution in [0, 0.1) is 0 Å². The van der Waals surface area contributed by atoms with Crippen LogP contribution in [-0.4, -0.2) is 77.0 Å². The Balaban J connectivity index is 2.63. The van der Waals surface area contributed by atoms with Gasteiger partial charge in [-0.2, -0.15) is 0 Å². The van der Waals surface area contributed by atoms with E-state index in [1.54, 1.807) is 30.3 Å². The molecule has 0 fully saturated rings. The van der Waals surface area contributed by atoms with Crippen LogP contribution >= 0.6 is 0 Å². The predicted octanol–water partition coefficient (Wildman–Crippen LogP) is -2.74. The molecule has 0 spiro atoms. The topological polar surface area (TPSA) is 252 Å². The van der Waals surface area contributed by atoms with Gasteiger partial charge in [0, 0.05) is 6.54 Å². The van der Waals surface area contributed by atoms with Crippen molar-refractivity contribution in [3.05, 3.63) is 35.9 Å². The molecule has 0 saturated carbocycles. The monoisotopic (exact) mass is 493 g/mol. The molecule has 3 amide bonds. The van der Waals surface area contributed by atoms with Crippen LogP contribution in [0.3, 0.4) is 0 Å². The summed E-state index contributed by atoms with van der Waals surface area (Å²) >= 11 is 0. The zero-order chi connectivity index (χ0) is 26.4. The summed E-state index contributed by atoms with van der Waals surface area (Å²) in [6.07, 6.45) is -0.281. The van der Waals surface area contributed by atoms with Gasteiger partial charge in [0.15, 0.2) is 5.96 Å². The molecule has 3 atom stereocenters. The molecule has 0 aliphatic rings. The summed E-state index contributed by atoms with van der Waals surface area (Å²) in [5, 5.41) is 25.0. The summed E-state index contributed by atoms with van der Waals surface area (Å²) < 4.78 is 0. The van der Waals surface area contributed by atoms with E-state index in [-0.39, 0.29) is 31.8 Å². The Morgan fingerprint density at radius 3 is 2.17 bits per heavy atom. The van der Waals surface area contributed by atoms with E-state index in [9.17, 15) is 29.1 Å². The molecule has 0 aliphatic carbocycles. The highest BCUT2D eigenvalue weighted by Gasteiger charge is 2.27. The smallest absolute Gasteiger partial charge is 0.326 e. The largest absolute Gasteiger partial charge is 0.481 e. The molecule has 192 valence electrons. The number of hydrogen-bond acceptors (Lipinski definition) is 7. The Morgan fingerprint density at radius 2 is 1.60 bits per heavy atom. The third kappa shape index (κ3) is 12.0. The number of hydrogen-bond donors (Lipinski definition) is 8. The van der Waals surface area contributed by atoms with Crippen LogP contribution in [0.1, 0.15) is 24.8 Å². The number of benzene rings is 1. The molecule has 35 heavy (non-hydrogen) atoms.